The van der Waals surface area contributed by atoms with E-state index in [9.17, 15) is 4.79 Å². The van der Waals surface area contributed by atoms with Crippen LogP contribution in [0.2, 0.25) is 0 Å². The third kappa shape index (κ3) is 3.60. The van der Waals surface area contributed by atoms with Gasteiger partial charge in [-0.2, -0.15) is 0 Å². The van der Waals surface area contributed by atoms with Gasteiger partial charge in [-0.1, -0.05) is 0 Å². The van der Waals surface area contributed by atoms with Crippen molar-refractivity contribution < 1.29 is 4.79 Å². The summed E-state index contributed by atoms with van der Waals surface area (Å²) in [6.45, 7) is 8.59. The Morgan fingerprint density at radius 3 is 2.57 bits per heavy atom. The molecular formula is C11H17NOS. The quantitative estimate of drug-likeness (QED) is 0.779. The van der Waals surface area contributed by atoms with Crippen LogP contribution in [-0.4, -0.2) is 17.9 Å². The molecule has 1 aromatic heterocycles. The van der Waals surface area contributed by atoms with Gasteiger partial charge in [0.05, 0.1) is 6.54 Å². The minimum Gasteiger partial charge on any atom is -0.305 e. The highest BCUT2D eigenvalue weighted by molar-refractivity contribution is 7.10. The molecule has 0 saturated carbocycles. The van der Waals surface area contributed by atoms with Crippen LogP contribution in [0.5, 0.6) is 0 Å². The van der Waals surface area contributed by atoms with Crippen molar-refractivity contribution in [2.45, 2.75) is 33.2 Å². The first-order chi connectivity index (χ1) is 6.38. The van der Waals surface area contributed by atoms with Crippen LogP contribution in [-0.2, 0) is 0 Å². The molecule has 1 heterocycles. The van der Waals surface area contributed by atoms with Crippen molar-refractivity contribution in [1.82, 2.24) is 5.32 Å². The molecule has 0 spiro atoms. The Bertz CT molecular complexity index is 322. The normalized spacial score (nSPS) is 11.7. The Kier molecular flexibility index (Phi) is 3.45. The van der Waals surface area contributed by atoms with Gasteiger partial charge in [-0.25, -0.2) is 0 Å². The maximum absolute atomic E-state index is 11.6. The maximum atomic E-state index is 11.6. The van der Waals surface area contributed by atoms with Crippen LogP contribution < -0.4 is 5.32 Å². The Hall–Kier alpha value is -0.670. The lowest BCUT2D eigenvalue weighted by molar-refractivity contribution is 0.0982. The molecule has 0 aliphatic rings. The molecule has 1 rings (SSSR count). The Morgan fingerprint density at radius 2 is 2.14 bits per heavy atom. The maximum Gasteiger partial charge on any atom is 0.177 e. The van der Waals surface area contributed by atoms with Gasteiger partial charge in [0.2, 0.25) is 0 Å². The van der Waals surface area contributed by atoms with E-state index in [1.54, 1.807) is 11.3 Å². The van der Waals surface area contributed by atoms with Crippen LogP contribution in [0.25, 0.3) is 0 Å². The largest absolute Gasteiger partial charge is 0.305 e. The number of hydrogen-bond donors (Lipinski definition) is 1. The van der Waals surface area contributed by atoms with E-state index in [4.69, 9.17) is 0 Å². The first kappa shape index (κ1) is 11.4. The van der Waals surface area contributed by atoms with Crippen LogP contribution in [0.15, 0.2) is 11.4 Å². The van der Waals surface area contributed by atoms with Gasteiger partial charge in [0.25, 0.3) is 0 Å². The first-order valence-corrected chi connectivity index (χ1v) is 5.60. The zero-order valence-electron chi connectivity index (χ0n) is 9.18. The molecule has 78 valence electrons. The van der Waals surface area contributed by atoms with E-state index in [1.807, 2.05) is 18.4 Å². The summed E-state index contributed by atoms with van der Waals surface area (Å²) in [5.74, 6) is 0.171. The average Bonchev–Trinajstić information content (AvgIpc) is 2.46. The zero-order chi connectivity index (χ0) is 10.8. The van der Waals surface area contributed by atoms with E-state index in [0.717, 1.165) is 5.56 Å². The van der Waals surface area contributed by atoms with E-state index in [-0.39, 0.29) is 11.3 Å². The van der Waals surface area contributed by atoms with Gasteiger partial charge < -0.3 is 5.32 Å². The molecule has 1 aromatic rings. The minimum atomic E-state index is 0.000720. The van der Waals surface area contributed by atoms with Crippen LogP contribution in [0.1, 0.15) is 36.0 Å². The number of Topliss-reactive ketones (excluding diaryl/α,β-unsaturated/α-hetero) is 1. The highest BCUT2D eigenvalue weighted by Crippen LogP contribution is 2.13. The Labute approximate surface area is 89.3 Å². The van der Waals surface area contributed by atoms with Gasteiger partial charge in [-0.3, -0.25) is 4.79 Å². The van der Waals surface area contributed by atoms with E-state index in [1.165, 1.54) is 4.88 Å². The van der Waals surface area contributed by atoms with Crippen molar-refractivity contribution >= 4 is 17.1 Å². The molecule has 0 amide bonds. The van der Waals surface area contributed by atoms with Crippen molar-refractivity contribution in [3.63, 3.8) is 0 Å². The zero-order valence-corrected chi connectivity index (χ0v) is 9.99. The van der Waals surface area contributed by atoms with Crippen LogP contribution in [0, 0.1) is 6.92 Å². The van der Waals surface area contributed by atoms with Crippen molar-refractivity contribution in [3.8, 4) is 0 Å². The van der Waals surface area contributed by atoms with Gasteiger partial charge in [-0.15, -0.1) is 11.3 Å². The summed E-state index contributed by atoms with van der Waals surface area (Å²) >= 11 is 1.62. The van der Waals surface area contributed by atoms with Crippen molar-refractivity contribution in [3.05, 3.63) is 21.9 Å². The summed E-state index contributed by atoms with van der Waals surface area (Å²) in [6.07, 6.45) is 0. The number of nitrogens with one attached hydrogen (secondary N) is 1. The van der Waals surface area contributed by atoms with Crippen LogP contribution in [0.4, 0.5) is 0 Å². The fourth-order valence-corrected chi connectivity index (χ4v) is 1.74. The second-order valence-electron chi connectivity index (χ2n) is 4.47. The third-order valence-electron chi connectivity index (χ3n) is 1.83. The number of aryl methyl sites for hydroxylation is 1. The fraction of sp³-hybridized carbons (Fsp3) is 0.545. The number of thiophene rings is 1. The molecule has 0 fully saturated rings. The predicted octanol–water partition coefficient (Wildman–Crippen LogP) is 2.63. The summed E-state index contributed by atoms with van der Waals surface area (Å²) in [5, 5.41) is 5.10. The molecule has 1 N–H and O–H groups in total. The van der Waals surface area contributed by atoms with Gasteiger partial charge in [-0.05, 0) is 33.8 Å². The fourth-order valence-electron chi connectivity index (χ4n) is 1.04. The molecule has 14 heavy (non-hydrogen) atoms. The van der Waals surface area contributed by atoms with Crippen molar-refractivity contribution in [2.24, 2.45) is 0 Å². The minimum absolute atomic E-state index is 0.000720. The van der Waals surface area contributed by atoms with Crippen LogP contribution in [0.3, 0.4) is 0 Å². The first-order valence-electron chi connectivity index (χ1n) is 4.72. The average molecular weight is 211 g/mol. The number of ketones is 1. The molecule has 0 atom stereocenters. The Morgan fingerprint density at radius 1 is 1.50 bits per heavy atom. The number of carbonyl (C=O) groups is 1. The molecule has 3 heteroatoms. The van der Waals surface area contributed by atoms with Crippen LogP contribution >= 0.6 is 11.3 Å². The Balaban J connectivity index is 2.52. The lowest BCUT2D eigenvalue weighted by atomic mass is 10.1. The SMILES string of the molecule is Cc1cc(C(=O)CNC(C)(C)C)cs1. The molecule has 0 saturated heterocycles. The molecule has 0 unspecified atom stereocenters. The summed E-state index contributed by atoms with van der Waals surface area (Å²) < 4.78 is 0. The molecular weight excluding hydrogens is 194 g/mol. The lowest BCUT2D eigenvalue weighted by Crippen LogP contribution is -2.39. The van der Waals surface area contributed by atoms with Crippen molar-refractivity contribution in [2.75, 3.05) is 6.54 Å². The number of carbonyl (C=O) groups excluding carboxylic acids is 1. The van der Waals surface area contributed by atoms with E-state index < -0.39 is 0 Å². The molecule has 0 aliphatic carbocycles. The second-order valence-corrected chi connectivity index (χ2v) is 5.59. The number of rotatable bonds is 3. The highest BCUT2D eigenvalue weighted by Gasteiger charge is 2.13. The summed E-state index contributed by atoms with van der Waals surface area (Å²) in [4.78, 5) is 12.8. The molecule has 0 aliphatic heterocycles. The molecule has 0 radical (unpaired) electrons. The van der Waals surface area contributed by atoms with E-state index in [0.29, 0.717) is 6.54 Å². The van der Waals surface area contributed by atoms with Gasteiger partial charge >= 0.3 is 0 Å². The third-order valence-corrected chi connectivity index (χ3v) is 2.69. The van der Waals surface area contributed by atoms with Gasteiger partial charge in [0, 0.05) is 21.4 Å². The summed E-state index contributed by atoms with van der Waals surface area (Å²) in [6, 6.07) is 1.94. The predicted molar refractivity (Wildman–Crippen MR) is 61.1 cm³/mol. The molecule has 0 aromatic carbocycles. The van der Waals surface area contributed by atoms with Crippen molar-refractivity contribution in [1.29, 1.82) is 0 Å². The van der Waals surface area contributed by atoms with Gasteiger partial charge in [0.15, 0.2) is 5.78 Å². The monoisotopic (exact) mass is 211 g/mol. The summed E-state index contributed by atoms with van der Waals surface area (Å²) in [5.41, 5.74) is 0.824. The highest BCUT2D eigenvalue weighted by atomic mass is 32.1. The lowest BCUT2D eigenvalue weighted by Gasteiger charge is -2.19. The summed E-state index contributed by atoms with van der Waals surface area (Å²) in [7, 11) is 0. The molecule has 0 bridgehead atoms. The topological polar surface area (TPSA) is 29.1 Å². The second kappa shape index (κ2) is 4.24. The van der Waals surface area contributed by atoms with Gasteiger partial charge in [0.1, 0.15) is 0 Å². The van der Waals surface area contributed by atoms with E-state index in [2.05, 4.69) is 26.1 Å². The van der Waals surface area contributed by atoms with E-state index >= 15 is 0 Å². The smallest absolute Gasteiger partial charge is 0.177 e. The number of hydrogen-bond acceptors (Lipinski definition) is 3. The standard InChI is InChI=1S/C11H17NOS/c1-8-5-9(7-14-8)10(13)6-12-11(2,3)4/h5,7,12H,6H2,1-4H3. The molecule has 2 nitrogen and oxygen atoms in total.